The van der Waals surface area contributed by atoms with Gasteiger partial charge in [0, 0.05) is 23.0 Å². The maximum atomic E-state index is 12.5. The Hall–Kier alpha value is -3.07. The van der Waals surface area contributed by atoms with Crippen LogP contribution in [0, 0.1) is 0 Å². The number of hydrogen-bond donors (Lipinski definition) is 2. The molecule has 5 nitrogen and oxygen atoms in total. The van der Waals surface area contributed by atoms with Crippen molar-refractivity contribution in [1.82, 2.24) is 10.3 Å². The van der Waals surface area contributed by atoms with Crippen molar-refractivity contribution in [2.45, 2.75) is 17.5 Å². The Morgan fingerprint density at radius 2 is 1.73 bits per heavy atom. The Bertz CT molecular complexity index is 1050. The number of carbonyl (C=O) groups excluding carboxylic acids is 2. The van der Waals surface area contributed by atoms with Crippen LogP contribution in [0.2, 0.25) is 0 Å². The largest absolute Gasteiger partial charge is 0.398 e. The fourth-order valence-electron chi connectivity index (χ4n) is 2.79. The molecule has 0 aliphatic heterocycles. The number of amides is 2. The van der Waals surface area contributed by atoms with Crippen molar-refractivity contribution < 1.29 is 22.8 Å². The minimum atomic E-state index is -4.34. The molecule has 156 valence electrons. The van der Waals surface area contributed by atoms with Gasteiger partial charge in [0.05, 0.1) is 17.0 Å². The van der Waals surface area contributed by atoms with Crippen LogP contribution in [-0.4, -0.2) is 35.3 Å². The van der Waals surface area contributed by atoms with E-state index in [4.69, 9.17) is 0 Å². The van der Waals surface area contributed by atoms with E-state index in [1.54, 1.807) is 18.3 Å². The third-order valence-electron chi connectivity index (χ3n) is 4.13. The number of benzene rings is 2. The quantitative estimate of drug-likeness (QED) is 0.452. The van der Waals surface area contributed by atoms with Crippen LogP contribution in [-0.2, 0) is 16.0 Å². The lowest BCUT2D eigenvalue weighted by Gasteiger charge is -2.12. The number of pyridine rings is 1. The summed E-state index contributed by atoms with van der Waals surface area (Å²) in [5, 5.41) is 5.88. The van der Waals surface area contributed by atoms with E-state index in [1.807, 2.05) is 30.3 Å². The molecule has 0 aliphatic carbocycles. The molecule has 0 unspecified atom stereocenters. The zero-order valence-electron chi connectivity index (χ0n) is 15.7. The number of halogens is 3. The molecule has 3 aromatic rings. The maximum absolute atomic E-state index is 12.5. The molecule has 2 aromatic carbocycles. The molecule has 0 radical (unpaired) electrons. The van der Waals surface area contributed by atoms with Crippen molar-refractivity contribution in [3.8, 4) is 0 Å². The lowest BCUT2D eigenvalue weighted by molar-refractivity contribution is -0.136. The zero-order valence-corrected chi connectivity index (χ0v) is 16.5. The van der Waals surface area contributed by atoms with Gasteiger partial charge in [0.25, 0.3) is 0 Å². The summed E-state index contributed by atoms with van der Waals surface area (Å²) >= 11 is 0.546. The van der Waals surface area contributed by atoms with Gasteiger partial charge in [-0.05, 0) is 30.2 Å². The average molecular weight is 433 g/mol. The minimum absolute atomic E-state index is 0.158. The van der Waals surface area contributed by atoms with Gasteiger partial charge in [-0.3, -0.25) is 14.6 Å². The monoisotopic (exact) mass is 433 g/mol. The second kappa shape index (κ2) is 9.62. The van der Waals surface area contributed by atoms with Crippen molar-refractivity contribution >= 4 is 40.2 Å². The van der Waals surface area contributed by atoms with Gasteiger partial charge in [-0.1, -0.05) is 36.4 Å². The van der Waals surface area contributed by atoms with Crippen LogP contribution < -0.4 is 10.6 Å². The highest BCUT2D eigenvalue weighted by Crippen LogP contribution is 2.32. The van der Waals surface area contributed by atoms with E-state index in [0.29, 0.717) is 18.2 Å². The topological polar surface area (TPSA) is 71.1 Å². The molecule has 1 aromatic heterocycles. The molecule has 9 heteroatoms. The first-order valence-corrected chi connectivity index (χ1v) is 10.0. The molecular weight excluding hydrogens is 415 g/mol. The molecule has 0 fully saturated rings. The smallest absolute Gasteiger partial charge is 0.347 e. The fourth-order valence-corrected chi connectivity index (χ4v) is 3.56. The molecule has 0 atom stereocenters. The second-order valence-corrected chi connectivity index (χ2v) is 7.37. The van der Waals surface area contributed by atoms with Crippen LogP contribution >= 0.6 is 11.8 Å². The molecule has 1 heterocycles. The third-order valence-corrected chi connectivity index (χ3v) is 5.27. The summed E-state index contributed by atoms with van der Waals surface area (Å²) in [7, 11) is 0. The van der Waals surface area contributed by atoms with Gasteiger partial charge in [-0.15, -0.1) is 11.8 Å². The molecule has 0 saturated heterocycles. The van der Waals surface area contributed by atoms with Crippen molar-refractivity contribution in [2.24, 2.45) is 0 Å². The first-order chi connectivity index (χ1) is 14.3. The number of nitrogens with zero attached hydrogens (tertiary/aromatic N) is 1. The Morgan fingerprint density at radius 1 is 0.967 bits per heavy atom. The number of thioether (sulfide) groups is 1. The molecule has 0 saturated carbocycles. The van der Waals surface area contributed by atoms with Crippen LogP contribution in [0.1, 0.15) is 5.56 Å². The fraction of sp³-hybridized carbons (Fsp3) is 0.190. The first kappa shape index (κ1) is 21.6. The molecular formula is C21H18F3N3O2S. The predicted molar refractivity (Wildman–Crippen MR) is 110 cm³/mol. The minimum Gasteiger partial charge on any atom is -0.347 e. The standard InChI is InChI=1S/C21H18F3N3O2S/c22-21(23,24)13-30-17-9-2-1-8-16(17)27-20(29)19(28)26-12-10-15-6-3-5-14-7-4-11-25-18(14)15/h1-9,11H,10,12-13H2,(H,26,28)(H,27,29). The Balaban J connectivity index is 1.56. The van der Waals surface area contributed by atoms with E-state index in [2.05, 4.69) is 15.6 Å². The Morgan fingerprint density at radius 3 is 2.53 bits per heavy atom. The van der Waals surface area contributed by atoms with E-state index in [-0.39, 0.29) is 17.1 Å². The summed E-state index contributed by atoms with van der Waals surface area (Å²) in [6.45, 7) is 0.215. The first-order valence-electron chi connectivity index (χ1n) is 9.04. The average Bonchev–Trinajstić information content (AvgIpc) is 2.72. The summed E-state index contributed by atoms with van der Waals surface area (Å²) in [4.78, 5) is 28.8. The number of nitrogens with one attached hydrogen (secondary N) is 2. The van der Waals surface area contributed by atoms with Crippen LogP contribution in [0.25, 0.3) is 10.9 Å². The van der Waals surface area contributed by atoms with Crippen LogP contribution in [0.15, 0.2) is 65.7 Å². The SMILES string of the molecule is O=C(NCCc1cccc2cccnc12)C(=O)Nc1ccccc1SCC(F)(F)F. The zero-order chi connectivity index (χ0) is 21.6. The van der Waals surface area contributed by atoms with Gasteiger partial charge >= 0.3 is 18.0 Å². The second-order valence-electron chi connectivity index (χ2n) is 6.35. The predicted octanol–water partition coefficient (Wildman–Crippen LogP) is 4.19. The van der Waals surface area contributed by atoms with Gasteiger partial charge in [0.15, 0.2) is 0 Å². The van der Waals surface area contributed by atoms with E-state index in [0.717, 1.165) is 16.5 Å². The molecule has 30 heavy (non-hydrogen) atoms. The number of fused-ring (bicyclic) bond motifs is 1. The third kappa shape index (κ3) is 5.96. The number of hydrogen-bond acceptors (Lipinski definition) is 4. The van der Waals surface area contributed by atoms with Crippen molar-refractivity contribution in [3.63, 3.8) is 0 Å². The van der Waals surface area contributed by atoms with Gasteiger partial charge in [-0.2, -0.15) is 13.2 Å². The van der Waals surface area contributed by atoms with Gasteiger partial charge in [0.1, 0.15) is 0 Å². The van der Waals surface area contributed by atoms with Crippen LogP contribution in [0.5, 0.6) is 0 Å². The molecule has 2 N–H and O–H groups in total. The lowest BCUT2D eigenvalue weighted by atomic mass is 10.1. The summed E-state index contributed by atoms with van der Waals surface area (Å²) in [6.07, 6.45) is -2.17. The van der Waals surface area contributed by atoms with E-state index in [9.17, 15) is 22.8 Å². The molecule has 3 rings (SSSR count). The Labute approximate surface area is 175 Å². The highest BCUT2D eigenvalue weighted by Gasteiger charge is 2.28. The van der Waals surface area contributed by atoms with Crippen molar-refractivity contribution in [1.29, 1.82) is 0 Å². The molecule has 0 bridgehead atoms. The van der Waals surface area contributed by atoms with E-state index >= 15 is 0 Å². The highest BCUT2D eigenvalue weighted by atomic mass is 32.2. The van der Waals surface area contributed by atoms with Gasteiger partial charge < -0.3 is 10.6 Å². The Kier molecular flexibility index (Phi) is 6.94. The number of rotatable bonds is 6. The molecule has 0 aliphatic rings. The molecule has 0 spiro atoms. The lowest BCUT2D eigenvalue weighted by Crippen LogP contribution is -2.36. The summed E-state index contributed by atoms with van der Waals surface area (Å²) in [5.41, 5.74) is 1.92. The maximum Gasteiger partial charge on any atom is 0.398 e. The van der Waals surface area contributed by atoms with Crippen molar-refractivity contribution in [2.75, 3.05) is 17.6 Å². The summed E-state index contributed by atoms with van der Waals surface area (Å²) in [6, 6.07) is 15.5. The molecule has 2 amide bonds. The highest BCUT2D eigenvalue weighted by molar-refractivity contribution is 7.99. The van der Waals surface area contributed by atoms with Crippen LogP contribution in [0.3, 0.4) is 0 Å². The van der Waals surface area contributed by atoms with E-state index in [1.165, 1.54) is 12.1 Å². The number of carbonyl (C=O) groups is 2. The summed E-state index contributed by atoms with van der Waals surface area (Å²) < 4.78 is 37.4. The van der Waals surface area contributed by atoms with E-state index < -0.39 is 23.7 Å². The van der Waals surface area contributed by atoms with Gasteiger partial charge in [-0.25, -0.2) is 0 Å². The number of aromatic nitrogens is 1. The number of alkyl halides is 3. The number of anilines is 1. The van der Waals surface area contributed by atoms with Gasteiger partial charge in [0.2, 0.25) is 0 Å². The van der Waals surface area contributed by atoms with Crippen molar-refractivity contribution in [3.05, 3.63) is 66.4 Å². The normalized spacial score (nSPS) is 11.3. The summed E-state index contributed by atoms with van der Waals surface area (Å²) in [5.74, 6) is -2.89. The van der Waals surface area contributed by atoms with Crippen LogP contribution in [0.4, 0.5) is 18.9 Å². The number of para-hydroxylation sites is 2.